The molecule has 0 saturated carbocycles. The largest absolute Gasteiger partial charge is 0.493 e. The Bertz CT molecular complexity index is 1180. The minimum absolute atomic E-state index is 0.0535. The number of hydrogen-bond acceptors (Lipinski definition) is 5. The van der Waals surface area contributed by atoms with Crippen molar-refractivity contribution in [2.45, 2.75) is 6.54 Å². The van der Waals surface area contributed by atoms with Gasteiger partial charge in [-0.1, -0.05) is 18.2 Å². The maximum absolute atomic E-state index is 12.5. The third-order valence-corrected chi connectivity index (χ3v) is 4.13. The highest BCUT2D eigenvalue weighted by atomic mass is 16.5. The highest BCUT2D eigenvalue weighted by molar-refractivity contribution is 5.97. The summed E-state index contributed by atoms with van der Waals surface area (Å²) in [7, 11) is 1.49. The van der Waals surface area contributed by atoms with Crippen molar-refractivity contribution in [3.05, 3.63) is 76.4 Å². The highest BCUT2D eigenvalue weighted by Gasteiger charge is 2.16. The summed E-state index contributed by atoms with van der Waals surface area (Å²) in [6.07, 6.45) is 3.51. The van der Waals surface area contributed by atoms with E-state index in [1.165, 1.54) is 13.2 Å². The summed E-state index contributed by atoms with van der Waals surface area (Å²) >= 11 is 0. The number of rotatable bonds is 4. The molecule has 7 heteroatoms. The minimum atomic E-state index is -0.709. The fourth-order valence-electron chi connectivity index (χ4n) is 2.83. The second-order valence-electron chi connectivity index (χ2n) is 5.71. The Balaban J connectivity index is 1.62. The van der Waals surface area contributed by atoms with Crippen LogP contribution in [0.1, 0.15) is 15.9 Å². The maximum atomic E-state index is 12.5. The molecule has 0 bridgehead atoms. The van der Waals surface area contributed by atoms with Gasteiger partial charge in [0, 0.05) is 23.7 Å². The van der Waals surface area contributed by atoms with Crippen molar-refractivity contribution in [3.63, 3.8) is 0 Å². The third kappa shape index (κ3) is 2.69. The first-order chi connectivity index (χ1) is 12.7. The molecule has 0 aliphatic carbocycles. The predicted octanol–water partition coefficient (Wildman–Crippen LogP) is 2.38. The number of ether oxygens (including phenoxy) is 1. The molecule has 3 aromatic heterocycles. The first-order valence-corrected chi connectivity index (χ1v) is 7.97. The van der Waals surface area contributed by atoms with Crippen LogP contribution in [-0.4, -0.2) is 22.6 Å². The zero-order chi connectivity index (χ0) is 18.1. The van der Waals surface area contributed by atoms with Crippen molar-refractivity contribution in [2.24, 2.45) is 0 Å². The molecular formula is C19H15N3O4. The van der Waals surface area contributed by atoms with E-state index in [-0.39, 0.29) is 12.1 Å². The summed E-state index contributed by atoms with van der Waals surface area (Å²) in [5.74, 6) is -0.0586. The van der Waals surface area contributed by atoms with E-state index in [4.69, 9.17) is 9.15 Å². The normalized spacial score (nSPS) is 11.0. The number of carbonyl (C=O) groups is 1. The average molecular weight is 349 g/mol. The molecule has 0 saturated heterocycles. The number of benzene rings is 1. The van der Waals surface area contributed by atoms with Crippen LogP contribution in [0.15, 0.2) is 64.1 Å². The van der Waals surface area contributed by atoms with Gasteiger partial charge in [0.2, 0.25) is 0 Å². The van der Waals surface area contributed by atoms with Crippen molar-refractivity contribution >= 4 is 22.4 Å². The Morgan fingerprint density at radius 2 is 2.15 bits per heavy atom. The number of nitrogens with zero attached hydrogens (tertiary/aromatic N) is 2. The Kier molecular flexibility index (Phi) is 3.89. The van der Waals surface area contributed by atoms with Gasteiger partial charge in [0.25, 0.3) is 5.91 Å². The van der Waals surface area contributed by atoms with Crippen LogP contribution in [0.2, 0.25) is 0 Å². The molecular weight excluding hydrogens is 334 g/mol. The van der Waals surface area contributed by atoms with E-state index in [0.29, 0.717) is 16.7 Å². The quantitative estimate of drug-likeness (QED) is 0.572. The maximum Gasteiger partial charge on any atom is 0.349 e. The summed E-state index contributed by atoms with van der Waals surface area (Å²) in [4.78, 5) is 24.7. The van der Waals surface area contributed by atoms with Gasteiger partial charge in [-0.3, -0.25) is 4.79 Å². The zero-order valence-electron chi connectivity index (χ0n) is 13.9. The lowest BCUT2D eigenvalue weighted by atomic mass is 10.1. The lowest BCUT2D eigenvalue weighted by Gasteiger charge is -2.06. The van der Waals surface area contributed by atoms with E-state index < -0.39 is 11.5 Å². The lowest BCUT2D eigenvalue weighted by Crippen LogP contribution is -2.27. The van der Waals surface area contributed by atoms with Gasteiger partial charge < -0.3 is 14.5 Å². The summed E-state index contributed by atoms with van der Waals surface area (Å²) in [6.45, 7) is 0.252. The second-order valence-corrected chi connectivity index (χ2v) is 5.71. The Hall–Kier alpha value is -3.61. The first-order valence-electron chi connectivity index (χ1n) is 7.97. The van der Waals surface area contributed by atoms with Crippen LogP contribution in [0.5, 0.6) is 5.75 Å². The average Bonchev–Trinajstić information content (AvgIpc) is 3.08. The van der Waals surface area contributed by atoms with Gasteiger partial charge in [-0.25, -0.2) is 9.31 Å². The molecule has 26 heavy (non-hydrogen) atoms. The van der Waals surface area contributed by atoms with E-state index in [1.807, 2.05) is 24.4 Å². The number of carbonyl (C=O) groups excluding carboxylic acids is 1. The van der Waals surface area contributed by atoms with Crippen LogP contribution in [0, 0.1) is 0 Å². The van der Waals surface area contributed by atoms with Gasteiger partial charge >= 0.3 is 5.63 Å². The number of para-hydroxylation sites is 1. The van der Waals surface area contributed by atoms with E-state index in [9.17, 15) is 9.59 Å². The summed E-state index contributed by atoms with van der Waals surface area (Å²) < 4.78 is 12.2. The van der Waals surface area contributed by atoms with Crippen molar-refractivity contribution in [2.75, 3.05) is 7.11 Å². The third-order valence-electron chi connectivity index (χ3n) is 4.13. The zero-order valence-corrected chi connectivity index (χ0v) is 13.9. The molecule has 0 radical (unpaired) electrons. The minimum Gasteiger partial charge on any atom is -0.493 e. The Labute approximate surface area is 147 Å². The molecule has 1 N–H and O–H groups in total. The fraction of sp³-hybridized carbons (Fsp3) is 0.105. The van der Waals surface area contributed by atoms with Gasteiger partial charge in [0.05, 0.1) is 18.8 Å². The summed E-state index contributed by atoms with van der Waals surface area (Å²) in [5.41, 5.74) is 1.30. The number of methoxy groups -OCH3 is 1. The van der Waals surface area contributed by atoms with Crippen LogP contribution in [-0.2, 0) is 6.54 Å². The van der Waals surface area contributed by atoms with Gasteiger partial charge in [-0.05, 0) is 24.3 Å². The SMILES string of the molecule is COc1cccc2cc(C(=O)NCc3cnn4ccccc34)c(=O)oc12. The summed E-state index contributed by atoms with van der Waals surface area (Å²) in [5, 5.41) is 7.58. The van der Waals surface area contributed by atoms with E-state index in [2.05, 4.69) is 10.4 Å². The van der Waals surface area contributed by atoms with Gasteiger partial charge in [0.1, 0.15) is 5.56 Å². The first kappa shape index (κ1) is 15.9. The molecule has 7 nitrogen and oxygen atoms in total. The molecule has 0 aliphatic heterocycles. The Morgan fingerprint density at radius 3 is 3.00 bits per heavy atom. The van der Waals surface area contributed by atoms with E-state index >= 15 is 0 Å². The van der Waals surface area contributed by atoms with Crippen molar-refractivity contribution in [1.29, 1.82) is 0 Å². The molecule has 1 amide bonds. The predicted molar refractivity (Wildman–Crippen MR) is 95.4 cm³/mol. The number of hydrogen-bond donors (Lipinski definition) is 1. The number of fused-ring (bicyclic) bond motifs is 2. The summed E-state index contributed by atoms with van der Waals surface area (Å²) in [6, 6.07) is 12.4. The number of aromatic nitrogens is 2. The smallest absolute Gasteiger partial charge is 0.349 e. The van der Waals surface area contributed by atoms with Crippen LogP contribution >= 0.6 is 0 Å². The fourth-order valence-corrected chi connectivity index (χ4v) is 2.83. The standard InChI is InChI=1S/C19H15N3O4/c1-25-16-7-4-5-12-9-14(19(24)26-17(12)16)18(23)20-10-13-11-21-22-8-3-2-6-15(13)22/h2-9,11H,10H2,1H3,(H,20,23). The van der Waals surface area contributed by atoms with Crippen molar-refractivity contribution in [1.82, 2.24) is 14.9 Å². The van der Waals surface area contributed by atoms with Crippen LogP contribution in [0.25, 0.3) is 16.5 Å². The molecule has 4 rings (SSSR count). The number of nitrogens with one attached hydrogen (secondary N) is 1. The van der Waals surface area contributed by atoms with E-state index in [0.717, 1.165) is 11.1 Å². The molecule has 1 aromatic carbocycles. The molecule has 0 aliphatic rings. The van der Waals surface area contributed by atoms with Crippen molar-refractivity contribution < 1.29 is 13.9 Å². The second kappa shape index (κ2) is 6.36. The molecule has 3 heterocycles. The molecule has 0 spiro atoms. The number of amides is 1. The van der Waals surface area contributed by atoms with Crippen molar-refractivity contribution in [3.8, 4) is 5.75 Å². The number of pyridine rings is 1. The molecule has 0 unspecified atom stereocenters. The topological polar surface area (TPSA) is 85.8 Å². The highest BCUT2D eigenvalue weighted by Crippen LogP contribution is 2.24. The van der Waals surface area contributed by atoms with E-state index in [1.54, 1.807) is 28.9 Å². The van der Waals surface area contributed by atoms with Crippen LogP contribution in [0.4, 0.5) is 0 Å². The molecule has 4 aromatic rings. The molecule has 0 fully saturated rings. The van der Waals surface area contributed by atoms with Gasteiger partial charge in [-0.15, -0.1) is 0 Å². The van der Waals surface area contributed by atoms with Gasteiger partial charge in [0.15, 0.2) is 11.3 Å². The van der Waals surface area contributed by atoms with Gasteiger partial charge in [-0.2, -0.15) is 5.10 Å². The molecule has 130 valence electrons. The lowest BCUT2D eigenvalue weighted by molar-refractivity contribution is 0.0947. The Morgan fingerprint density at radius 1 is 1.27 bits per heavy atom. The van der Waals surface area contributed by atoms with Crippen LogP contribution in [0.3, 0.4) is 0 Å². The monoisotopic (exact) mass is 349 g/mol. The molecule has 0 atom stereocenters. The van der Waals surface area contributed by atoms with Crippen LogP contribution < -0.4 is 15.7 Å².